The van der Waals surface area contributed by atoms with Crippen LogP contribution in [0.3, 0.4) is 0 Å². The first kappa shape index (κ1) is 20.0. The largest absolute Gasteiger partial charge is 0.440 e. The summed E-state index contributed by atoms with van der Waals surface area (Å²) in [5.41, 5.74) is 8.44. The van der Waals surface area contributed by atoms with Crippen LogP contribution in [0.2, 0.25) is 10.0 Å². The summed E-state index contributed by atoms with van der Waals surface area (Å²) in [6.45, 7) is 2.09. The molecule has 4 rings (SSSR count). The number of hydrogen-bond donors (Lipinski definition) is 1. The molecule has 0 aliphatic carbocycles. The van der Waals surface area contributed by atoms with Crippen molar-refractivity contribution in [3.8, 4) is 11.8 Å². The quantitative estimate of drug-likeness (QED) is 0.663. The lowest BCUT2D eigenvalue weighted by Gasteiger charge is -2.27. The molecule has 0 bridgehead atoms. The van der Waals surface area contributed by atoms with Crippen molar-refractivity contribution < 1.29 is 4.74 Å². The van der Waals surface area contributed by atoms with Gasteiger partial charge in [0.2, 0.25) is 5.88 Å². The van der Waals surface area contributed by atoms with Crippen LogP contribution in [0.4, 0.5) is 0 Å². The number of halogens is 2. The van der Waals surface area contributed by atoms with Crippen LogP contribution in [0.1, 0.15) is 28.3 Å². The second kappa shape index (κ2) is 7.86. The Bertz CT molecular complexity index is 1280. The highest BCUT2D eigenvalue weighted by molar-refractivity contribution is 6.42. The normalized spacial score (nSPS) is 15.3. The van der Waals surface area contributed by atoms with Gasteiger partial charge in [0.25, 0.3) is 5.56 Å². The van der Waals surface area contributed by atoms with E-state index in [0.717, 1.165) is 5.56 Å². The summed E-state index contributed by atoms with van der Waals surface area (Å²) < 4.78 is 7.26. The van der Waals surface area contributed by atoms with Gasteiger partial charge < -0.3 is 15.0 Å². The van der Waals surface area contributed by atoms with Gasteiger partial charge in [-0.1, -0.05) is 35.3 Å². The minimum absolute atomic E-state index is 0.0140. The minimum Gasteiger partial charge on any atom is -0.440 e. The molecule has 1 aromatic carbocycles. The number of aromatic nitrogens is 2. The van der Waals surface area contributed by atoms with Gasteiger partial charge in [-0.05, 0) is 36.2 Å². The zero-order chi connectivity index (χ0) is 21.4. The van der Waals surface area contributed by atoms with Crippen LogP contribution in [0.25, 0.3) is 0 Å². The first-order valence-corrected chi connectivity index (χ1v) is 9.82. The van der Waals surface area contributed by atoms with E-state index < -0.39 is 5.92 Å². The smallest absolute Gasteiger partial charge is 0.259 e. The summed E-state index contributed by atoms with van der Waals surface area (Å²) in [6.07, 6.45) is 3.24. The monoisotopic (exact) mass is 438 g/mol. The Morgan fingerprint density at radius 1 is 1.27 bits per heavy atom. The summed E-state index contributed by atoms with van der Waals surface area (Å²) in [4.78, 5) is 17.7. The number of fused-ring (bicyclic) bond motifs is 1. The third kappa shape index (κ3) is 3.43. The molecule has 150 valence electrons. The molecule has 0 amide bonds. The lowest BCUT2D eigenvalue weighted by Crippen LogP contribution is -2.33. The molecular formula is C22H16Cl2N4O2. The second-order valence-corrected chi connectivity index (χ2v) is 7.73. The fraction of sp³-hybridized carbons (Fsp3) is 0.136. The molecular weight excluding hydrogens is 423 g/mol. The number of pyridine rings is 2. The van der Waals surface area contributed by atoms with Crippen LogP contribution in [-0.4, -0.2) is 9.55 Å². The average molecular weight is 439 g/mol. The van der Waals surface area contributed by atoms with Gasteiger partial charge in [-0.15, -0.1) is 0 Å². The van der Waals surface area contributed by atoms with E-state index >= 15 is 0 Å². The van der Waals surface area contributed by atoms with Crippen molar-refractivity contribution in [3.63, 3.8) is 0 Å². The van der Waals surface area contributed by atoms with Crippen LogP contribution in [0.15, 0.2) is 65.0 Å². The molecule has 30 heavy (non-hydrogen) atoms. The SMILES string of the molecule is Cc1cc2c(c(=O)n1Cc1ccc(Cl)c(Cl)c1)C(c1cccnc1)C(C#N)=C(N)O2. The highest BCUT2D eigenvalue weighted by Gasteiger charge is 2.34. The maximum Gasteiger partial charge on any atom is 0.259 e. The summed E-state index contributed by atoms with van der Waals surface area (Å²) in [7, 11) is 0. The molecule has 2 N–H and O–H groups in total. The van der Waals surface area contributed by atoms with Gasteiger partial charge in [-0.3, -0.25) is 9.78 Å². The van der Waals surface area contributed by atoms with Crippen molar-refractivity contribution in [1.82, 2.24) is 9.55 Å². The van der Waals surface area contributed by atoms with E-state index in [1.54, 1.807) is 54.2 Å². The summed E-state index contributed by atoms with van der Waals surface area (Å²) in [6, 6.07) is 12.6. The third-order valence-electron chi connectivity index (χ3n) is 5.03. The molecule has 3 aromatic rings. The van der Waals surface area contributed by atoms with Crippen LogP contribution in [0, 0.1) is 18.3 Å². The standard InChI is InChI=1S/C22H16Cl2N4O2/c1-12-7-18-20(22(29)28(12)11-13-4-5-16(23)17(24)8-13)19(14-3-2-6-27-10-14)15(9-25)21(26)30-18/h2-8,10,19H,11,26H2,1H3. The van der Waals surface area contributed by atoms with Crippen molar-refractivity contribution in [2.24, 2.45) is 5.73 Å². The number of aryl methyl sites for hydroxylation is 1. The Morgan fingerprint density at radius 3 is 2.73 bits per heavy atom. The van der Waals surface area contributed by atoms with Gasteiger partial charge in [-0.2, -0.15) is 5.26 Å². The topological polar surface area (TPSA) is 93.9 Å². The molecule has 6 nitrogen and oxygen atoms in total. The number of hydrogen-bond acceptors (Lipinski definition) is 5. The molecule has 0 radical (unpaired) electrons. The first-order valence-electron chi connectivity index (χ1n) is 9.06. The maximum atomic E-state index is 13.6. The molecule has 1 aliphatic rings. The Kier molecular flexibility index (Phi) is 5.25. The van der Waals surface area contributed by atoms with E-state index in [0.29, 0.717) is 32.6 Å². The highest BCUT2D eigenvalue weighted by Crippen LogP contribution is 2.40. The molecule has 1 aliphatic heterocycles. The maximum absolute atomic E-state index is 13.6. The predicted molar refractivity (Wildman–Crippen MR) is 115 cm³/mol. The number of benzene rings is 1. The predicted octanol–water partition coefficient (Wildman–Crippen LogP) is 4.13. The van der Waals surface area contributed by atoms with Crippen molar-refractivity contribution in [2.75, 3.05) is 0 Å². The van der Waals surface area contributed by atoms with E-state index in [-0.39, 0.29) is 23.6 Å². The first-order chi connectivity index (χ1) is 14.4. The molecule has 3 heterocycles. The van der Waals surface area contributed by atoms with Gasteiger partial charge in [0.1, 0.15) is 17.4 Å². The van der Waals surface area contributed by atoms with Gasteiger partial charge in [0.15, 0.2) is 0 Å². The van der Waals surface area contributed by atoms with Gasteiger partial charge in [-0.25, -0.2) is 0 Å². The number of allylic oxidation sites excluding steroid dienone is 1. The van der Waals surface area contributed by atoms with Crippen LogP contribution >= 0.6 is 23.2 Å². The summed E-state index contributed by atoms with van der Waals surface area (Å²) in [5.74, 6) is -0.339. The van der Waals surface area contributed by atoms with Crippen LogP contribution in [-0.2, 0) is 6.54 Å². The minimum atomic E-state index is -0.666. The van der Waals surface area contributed by atoms with Crippen LogP contribution < -0.4 is 16.0 Å². The highest BCUT2D eigenvalue weighted by atomic mass is 35.5. The molecule has 0 saturated heterocycles. The molecule has 1 unspecified atom stereocenters. The number of nitrogens with two attached hydrogens (primary N) is 1. The molecule has 1 atom stereocenters. The lowest BCUT2D eigenvalue weighted by atomic mass is 9.85. The molecule has 0 saturated carbocycles. The zero-order valence-corrected chi connectivity index (χ0v) is 17.4. The Morgan fingerprint density at radius 2 is 2.07 bits per heavy atom. The van der Waals surface area contributed by atoms with Gasteiger partial charge in [0.05, 0.1) is 28.1 Å². The number of nitrogens with zero attached hydrogens (tertiary/aromatic N) is 3. The fourth-order valence-electron chi connectivity index (χ4n) is 3.58. The third-order valence-corrected chi connectivity index (χ3v) is 5.77. The molecule has 2 aromatic heterocycles. The van der Waals surface area contributed by atoms with E-state index in [4.69, 9.17) is 33.7 Å². The van der Waals surface area contributed by atoms with E-state index in [9.17, 15) is 10.1 Å². The molecule has 0 spiro atoms. The van der Waals surface area contributed by atoms with Crippen molar-refractivity contribution >= 4 is 23.2 Å². The van der Waals surface area contributed by atoms with Crippen LogP contribution in [0.5, 0.6) is 5.75 Å². The number of rotatable bonds is 3. The lowest BCUT2D eigenvalue weighted by molar-refractivity contribution is 0.389. The molecule has 0 fully saturated rings. The number of ether oxygens (including phenoxy) is 1. The summed E-state index contributed by atoms with van der Waals surface area (Å²) >= 11 is 12.1. The van der Waals surface area contributed by atoms with Crippen molar-refractivity contribution in [1.29, 1.82) is 5.26 Å². The summed E-state index contributed by atoms with van der Waals surface area (Å²) in [5, 5.41) is 10.6. The fourth-order valence-corrected chi connectivity index (χ4v) is 3.90. The van der Waals surface area contributed by atoms with Crippen molar-refractivity contribution in [3.05, 3.63) is 103 Å². The van der Waals surface area contributed by atoms with Gasteiger partial charge in [0, 0.05) is 24.2 Å². The average Bonchev–Trinajstić information content (AvgIpc) is 2.73. The molecule has 8 heteroatoms. The Balaban J connectivity index is 1.90. The van der Waals surface area contributed by atoms with E-state index in [1.165, 1.54) is 0 Å². The number of nitriles is 1. The van der Waals surface area contributed by atoms with E-state index in [1.807, 2.05) is 6.07 Å². The van der Waals surface area contributed by atoms with Crippen molar-refractivity contribution in [2.45, 2.75) is 19.4 Å². The second-order valence-electron chi connectivity index (χ2n) is 6.91. The Labute approximate surface area is 182 Å². The van der Waals surface area contributed by atoms with E-state index in [2.05, 4.69) is 11.1 Å². The zero-order valence-electron chi connectivity index (χ0n) is 15.9. The Hall–Kier alpha value is -3.27. The van der Waals surface area contributed by atoms with Gasteiger partial charge >= 0.3 is 0 Å².